The summed E-state index contributed by atoms with van der Waals surface area (Å²) in [6.45, 7) is 4.02. The van der Waals surface area contributed by atoms with Crippen LogP contribution in [0.15, 0.2) is 47.8 Å². The Morgan fingerprint density at radius 3 is 2.70 bits per heavy atom. The van der Waals surface area contributed by atoms with Gasteiger partial charge in [0.15, 0.2) is 0 Å². The number of hydrogen-bond donors (Lipinski definition) is 1. The van der Waals surface area contributed by atoms with Crippen molar-refractivity contribution in [3.63, 3.8) is 0 Å². The van der Waals surface area contributed by atoms with Gasteiger partial charge in [-0.25, -0.2) is 4.98 Å². The minimum Gasteiger partial charge on any atom is -0.497 e. The Kier molecular flexibility index (Phi) is 6.53. The van der Waals surface area contributed by atoms with E-state index in [0.717, 1.165) is 38.8 Å². The number of nitrogens with one attached hydrogen (secondary N) is 1. The zero-order valence-electron chi connectivity index (χ0n) is 15.6. The van der Waals surface area contributed by atoms with Crippen molar-refractivity contribution in [3.05, 3.63) is 64.7 Å². The molecule has 3 aromatic rings. The van der Waals surface area contributed by atoms with Crippen molar-refractivity contribution >= 4 is 34.7 Å². The third-order valence-electron chi connectivity index (χ3n) is 4.04. The first-order valence-corrected chi connectivity index (χ1v) is 10.6. The number of rotatable bonds is 7. The fourth-order valence-electron chi connectivity index (χ4n) is 2.54. The van der Waals surface area contributed by atoms with Gasteiger partial charge in [-0.3, -0.25) is 4.79 Å². The second-order valence-electron chi connectivity index (χ2n) is 6.23. The molecule has 0 saturated heterocycles. The zero-order chi connectivity index (χ0) is 19.2. The molecule has 0 saturated carbocycles. The monoisotopic (exact) mass is 398 g/mol. The maximum absolute atomic E-state index is 12.2. The minimum absolute atomic E-state index is 0.0132. The van der Waals surface area contributed by atoms with Crippen molar-refractivity contribution in [1.82, 2.24) is 4.98 Å². The molecule has 0 spiro atoms. The maximum Gasteiger partial charge on any atom is 0.234 e. The summed E-state index contributed by atoms with van der Waals surface area (Å²) in [5, 5.41) is 6.02. The molecule has 0 fully saturated rings. The smallest absolute Gasteiger partial charge is 0.234 e. The Bertz CT molecular complexity index is 920. The predicted molar refractivity (Wildman–Crippen MR) is 115 cm³/mol. The summed E-state index contributed by atoms with van der Waals surface area (Å²) in [6, 6.07) is 13.9. The van der Waals surface area contributed by atoms with Gasteiger partial charge in [-0.2, -0.15) is 0 Å². The number of benzene rings is 2. The molecule has 0 unspecified atom stereocenters. The lowest BCUT2D eigenvalue weighted by Crippen LogP contribution is -2.15. The van der Waals surface area contributed by atoms with Gasteiger partial charge in [0.2, 0.25) is 5.91 Å². The van der Waals surface area contributed by atoms with Crippen molar-refractivity contribution in [1.29, 1.82) is 0 Å². The number of nitrogens with zero attached hydrogens (tertiary/aromatic N) is 1. The molecular weight excluding hydrogens is 376 g/mol. The normalized spacial score (nSPS) is 10.6. The van der Waals surface area contributed by atoms with Crippen LogP contribution in [0, 0.1) is 13.8 Å². The van der Waals surface area contributed by atoms with Gasteiger partial charge < -0.3 is 10.1 Å². The van der Waals surface area contributed by atoms with Crippen LogP contribution in [0.5, 0.6) is 5.75 Å². The Hall–Kier alpha value is -2.31. The second kappa shape index (κ2) is 9.06. The van der Waals surface area contributed by atoms with E-state index >= 15 is 0 Å². The number of amides is 1. The van der Waals surface area contributed by atoms with E-state index in [1.807, 2.05) is 56.3 Å². The molecule has 1 N–H and O–H groups in total. The summed E-state index contributed by atoms with van der Waals surface area (Å²) in [5.41, 5.74) is 5.16. The molecule has 1 amide bonds. The molecule has 4 nitrogen and oxygen atoms in total. The van der Waals surface area contributed by atoms with Crippen LogP contribution in [0.25, 0.3) is 10.6 Å². The van der Waals surface area contributed by atoms with E-state index in [9.17, 15) is 4.79 Å². The van der Waals surface area contributed by atoms with Crippen LogP contribution in [0.2, 0.25) is 0 Å². The number of anilines is 1. The number of ether oxygens (including phenoxy) is 1. The van der Waals surface area contributed by atoms with E-state index in [4.69, 9.17) is 4.74 Å². The quantitative estimate of drug-likeness (QED) is 0.586. The van der Waals surface area contributed by atoms with E-state index in [0.29, 0.717) is 11.5 Å². The number of carbonyl (C=O) groups is 1. The maximum atomic E-state index is 12.2. The third kappa shape index (κ3) is 5.34. The number of aromatic nitrogens is 1. The molecule has 0 aliphatic rings. The van der Waals surface area contributed by atoms with Gasteiger partial charge in [-0.05, 0) is 55.3 Å². The minimum atomic E-state index is 0.0132. The fourth-order valence-corrected chi connectivity index (χ4v) is 4.19. The van der Waals surface area contributed by atoms with Crippen LogP contribution in [-0.4, -0.2) is 23.8 Å². The molecule has 6 heteroatoms. The molecular formula is C21H22N2O2S2. The van der Waals surface area contributed by atoms with Crippen LogP contribution in [0.1, 0.15) is 16.8 Å². The number of carbonyl (C=O) groups excluding carboxylic acids is 1. The lowest BCUT2D eigenvalue weighted by molar-refractivity contribution is -0.113. The van der Waals surface area contributed by atoms with E-state index < -0.39 is 0 Å². The molecule has 0 aliphatic carbocycles. The molecule has 27 heavy (non-hydrogen) atoms. The molecule has 1 heterocycles. The average molecular weight is 399 g/mol. The highest BCUT2D eigenvalue weighted by Crippen LogP contribution is 2.27. The van der Waals surface area contributed by atoms with Gasteiger partial charge in [0.25, 0.3) is 0 Å². The van der Waals surface area contributed by atoms with Crippen LogP contribution in [-0.2, 0) is 10.5 Å². The first kappa shape index (κ1) is 19.5. The topological polar surface area (TPSA) is 51.2 Å². The Balaban J connectivity index is 1.51. The number of thiazole rings is 1. The van der Waals surface area contributed by atoms with Gasteiger partial charge in [-0.1, -0.05) is 12.1 Å². The van der Waals surface area contributed by atoms with Gasteiger partial charge in [0.05, 0.1) is 18.6 Å². The highest BCUT2D eigenvalue weighted by molar-refractivity contribution is 7.99. The third-order valence-corrected chi connectivity index (χ3v) is 5.95. The van der Waals surface area contributed by atoms with Crippen molar-refractivity contribution in [3.8, 4) is 16.3 Å². The Morgan fingerprint density at radius 1 is 1.19 bits per heavy atom. The number of thioether (sulfide) groups is 1. The molecule has 3 rings (SSSR count). The van der Waals surface area contributed by atoms with Crippen LogP contribution in [0.3, 0.4) is 0 Å². The molecule has 0 radical (unpaired) electrons. The predicted octanol–water partition coefficient (Wildman–Crippen LogP) is 5.31. The van der Waals surface area contributed by atoms with Gasteiger partial charge >= 0.3 is 0 Å². The van der Waals surface area contributed by atoms with Gasteiger partial charge in [0, 0.05) is 22.4 Å². The highest BCUT2D eigenvalue weighted by Gasteiger charge is 2.08. The molecule has 140 valence electrons. The molecule has 0 bridgehead atoms. The average Bonchev–Trinajstić information content (AvgIpc) is 3.14. The number of methoxy groups -OCH3 is 1. The van der Waals surface area contributed by atoms with Crippen molar-refractivity contribution < 1.29 is 9.53 Å². The Labute approximate surface area is 168 Å². The van der Waals surface area contributed by atoms with Crippen LogP contribution >= 0.6 is 23.1 Å². The van der Waals surface area contributed by atoms with E-state index in [-0.39, 0.29) is 5.91 Å². The zero-order valence-corrected chi connectivity index (χ0v) is 17.2. The molecule has 0 aliphatic heterocycles. The van der Waals surface area contributed by atoms with Gasteiger partial charge in [0.1, 0.15) is 10.8 Å². The fraction of sp³-hybridized carbons (Fsp3) is 0.238. The second-order valence-corrected chi connectivity index (χ2v) is 8.08. The van der Waals surface area contributed by atoms with Gasteiger partial charge in [-0.15, -0.1) is 23.1 Å². The summed E-state index contributed by atoms with van der Waals surface area (Å²) >= 11 is 3.19. The standard InChI is InChI=1S/C21H22N2O2S2/c1-14-4-5-15(2)19(10-14)23-20(24)13-26-11-17-12-27-21(22-17)16-6-8-18(25-3)9-7-16/h4-10,12H,11,13H2,1-3H3,(H,23,24). The van der Waals surface area contributed by atoms with E-state index in [1.165, 1.54) is 0 Å². The summed E-state index contributed by atoms with van der Waals surface area (Å²) in [7, 11) is 1.66. The molecule has 1 aromatic heterocycles. The first-order valence-electron chi connectivity index (χ1n) is 8.59. The van der Waals surface area contributed by atoms with Crippen molar-refractivity contribution in [2.24, 2.45) is 0 Å². The SMILES string of the molecule is COc1ccc(-c2nc(CSCC(=O)Nc3cc(C)ccc3C)cs2)cc1. The largest absolute Gasteiger partial charge is 0.497 e. The summed E-state index contributed by atoms with van der Waals surface area (Å²) in [5.74, 6) is 1.97. The number of aryl methyl sites for hydroxylation is 2. The summed E-state index contributed by atoms with van der Waals surface area (Å²) in [6.07, 6.45) is 0. The lowest BCUT2D eigenvalue weighted by atomic mass is 10.1. The van der Waals surface area contributed by atoms with E-state index in [1.54, 1.807) is 30.2 Å². The number of hydrogen-bond acceptors (Lipinski definition) is 5. The Morgan fingerprint density at radius 2 is 1.96 bits per heavy atom. The highest BCUT2D eigenvalue weighted by atomic mass is 32.2. The first-order chi connectivity index (χ1) is 13.0. The molecule has 2 aromatic carbocycles. The summed E-state index contributed by atoms with van der Waals surface area (Å²) < 4.78 is 5.18. The molecule has 0 atom stereocenters. The van der Waals surface area contributed by atoms with Crippen molar-refractivity contribution in [2.75, 3.05) is 18.2 Å². The lowest BCUT2D eigenvalue weighted by Gasteiger charge is -2.09. The van der Waals surface area contributed by atoms with Crippen LogP contribution in [0.4, 0.5) is 5.69 Å². The summed E-state index contributed by atoms with van der Waals surface area (Å²) in [4.78, 5) is 16.9. The van der Waals surface area contributed by atoms with Crippen molar-refractivity contribution in [2.45, 2.75) is 19.6 Å². The van der Waals surface area contributed by atoms with E-state index in [2.05, 4.69) is 15.7 Å². The van der Waals surface area contributed by atoms with Crippen LogP contribution < -0.4 is 10.1 Å².